The predicted octanol–water partition coefficient (Wildman–Crippen LogP) is 5.94. The van der Waals surface area contributed by atoms with Crippen molar-refractivity contribution in [2.45, 2.75) is 98.7 Å². The molecule has 6 atom stereocenters. The number of carbonyl (C=O) groups is 2. The van der Waals surface area contributed by atoms with Crippen LogP contribution < -0.4 is 47.2 Å². The van der Waals surface area contributed by atoms with Crippen LogP contribution in [0.2, 0.25) is 0 Å². The van der Waals surface area contributed by atoms with Gasteiger partial charge < -0.3 is 27.1 Å². The number of esters is 2. The molecule has 4 fully saturated rings. The molecule has 6 aromatic rings. The van der Waals surface area contributed by atoms with Crippen molar-refractivity contribution in [2.75, 3.05) is 13.2 Å². The second-order valence-corrected chi connectivity index (χ2v) is 24.8. The number of fused-ring (bicyclic) bond motifs is 4. The zero-order valence-corrected chi connectivity index (χ0v) is 49.3. The fourth-order valence-corrected chi connectivity index (χ4v) is 14.8. The number of benzene rings is 6. The van der Waals surface area contributed by atoms with Gasteiger partial charge in [-0.2, -0.15) is 30.3 Å². The van der Waals surface area contributed by atoms with Gasteiger partial charge in [0.25, 0.3) is 0 Å². The summed E-state index contributed by atoms with van der Waals surface area (Å²) in [5.74, 6) is -1.59. The second-order valence-electron chi connectivity index (χ2n) is 18.5. The molecular formula is C57H61B3ClF4NaO10S4+. The average Bonchev–Trinajstić information content (AvgIpc) is 4.29. The van der Waals surface area contributed by atoms with Crippen LogP contribution in [0.5, 0.6) is 0 Å². The van der Waals surface area contributed by atoms with E-state index < -0.39 is 44.6 Å². The molecule has 0 amide bonds. The Morgan fingerprint density at radius 3 is 1.06 bits per heavy atom. The molecule has 23 heteroatoms. The molecule has 0 heterocycles. The first kappa shape index (κ1) is 70.6. The van der Waals surface area contributed by atoms with Crippen LogP contribution in [0.25, 0.3) is 0 Å². The van der Waals surface area contributed by atoms with E-state index in [9.17, 15) is 40.8 Å². The number of hydrogen-bond donors (Lipinski definition) is 1. The number of alkyl halides is 4. The Bertz CT molecular complexity index is 2500. The van der Waals surface area contributed by atoms with Crippen molar-refractivity contribution in [1.82, 2.24) is 0 Å². The summed E-state index contributed by atoms with van der Waals surface area (Å²) < 4.78 is 93.0. The fourth-order valence-electron chi connectivity index (χ4n) is 10.0. The van der Waals surface area contributed by atoms with Gasteiger partial charge in [-0.3, -0.25) is 9.59 Å². The van der Waals surface area contributed by atoms with E-state index in [0.29, 0.717) is 23.7 Å². The van der Waals surface area contributed by atoms with Crippen molar-refractivity contribution < 1.29 is 106 Å². The van der Waals surface area contributed by atoms with Gasteiger partial charge in [-0.1, -0.05) is 129 Å². The molecule has 417 valence electrons. The van der Waals surface area contributed by atoms with Crippen LogP contribution in [0.15, 0.2) is 211 Å². The third kappa shape index (κ3) is 20.9. The summed E-state index contributed by atoms with van der Waals surface area (Å²) in [6, 6.07) is 64.3. The summed E-state index contributed by atoms with van der Waals surface area (Å²) in [4.78, 5) is 30.2. The van der Waals surface area contributed by atoms with Crippen LogP contribution in [-0.4, -0.2) is 71.2 Å². The maximum Gasteiger partial charge on any atom is 1.00 e. The molecule has 4 aliphatic carbocycles. The molecule has 0 aliphatic heterocycles. The predicted molar refractivity (Wildman–Crippen MR) is 298 cm³/mol. The number of hydrogen-bond acceptors (Lipinski definition) is 10. The Balaban J connectivity index is 0.000000272. The first-order chi connectivity index (χ1) is 37.1. The van der Waals surface area contributed by atoms with Crippen molar-refractivity contribution >= 4 is 78.4 Å². The van der Waals surface area contributed by atoms with Gasteiger partial charge in [-0.15, -0.1) is 0 Å². The van der Waals surface area contributed by atoms with Gasteiger partial charge in [0.15, 0.2) is 29.4 Å². The molecule has 10 nitrogen and oxygen atoms in total. The van der Waals surface area contributed by atoms with Gasteiger partial charge in [0, 0.05) is 22.5 Å². The zero-order chi connectivity index (χ0) is 55.3. The van der Waals surface area contributed by atoms with E-state index in [4.69, 9.17) is 4.55 Å². The number of ether oxygens (including phenoxy) is 2. The Hall–Kier alpha value is -3.70. The van der Waals surface area contributed by atoms with Crippen LogP contribution >= 0.6 is 12.0 Å². The van der Waals surface area contributed by atoms with E-state index in [1.165, 1.54) is 35.8 Å². The van der Waals surface area contributed by atoms with Crippen molar-refractivity contribution in [2.24, 2.45) is 35.5 Å². The maximum atomic E-state index is 13.0. The molecule has 0 aromatic heterocycles. The Morgan fingerprint density at radius 1 is 0.562 bits per heavy atom. The quantitative estimate of drug-likeness (QED) is 0.0180. The SMILES string of the molecule is C.O=C(OCC1CC2CCC1C2)C(F)(F)S(=O)(=O)O.O=C(OCC1CC2CCC1C2)C(F)(F)SOO[O-].[B][B][B].[Cl-].[Na+].c1ccc([S+](c2ccccc2)c2ccccc2)cc1.c1ccc([S+](c2ccccc2)c2ccccc2)cc1. The summed E-state index contributed by atoms with van der Waals surface area (Å²) in [5, 5.41) is 3.38. The van der Waals surface area contributed by atoms with E-state index in [-0.39, 0.29) is 96.2 Å². The molecule has 1 N–H and O–H groups in total. The summed E-state index contributed by atoms with van der Waals surface area (Å²) in [6.45, 7) is -0.195. The number of rotatable bonds is 16. The molecule has 5 radical (unpaired) electrons. The molecule has 4 aliphatic rings. The smallest absolute Gasteiger partial charge is 1.00 e. The first-order valence-electron chi connectivity index (χ1n) is 24.8. The van der Waals surface area contributed by atoms with E-state index in [1.807, 2.05) is 0 Å². The van der Waals surface area contributed by atoms with Gasteiger partial charge >= 0.3 is 62.1 Å². The van der Waals surface area contributed by atoms with Crippen LogP contribution in [-0.2, 0) is 60.3 Å². The van der Waals surface area contributed by atoms with Crippen molar-refractivity contribution in [3.63, 3.8) is 0 Å². The Morgan fingerprint density at radius 2 is 0.838 bits per heavy atom. The first-order valence-corrected chi connectivity index (χ1v) is 29.4. The third-order valence-electron chi connectivity index (χ3n) is 13.5. The van der Waals surface area contributed by atoms with Gasteiger partial charge in [-0.05, 0) is 147 Å². The van der Waals surface area contributed by atoms with E-state index in [1.54, 1.807) is 0 Å². The summed E-state index contributed by atoms with van der Waals surface area (Å²) in [5.41, 5.74) is 0. The van der Waals surface area contributed by atoms with Crippen molar-refractivity contribution in [3.05, 3.63) is 182 Å². The second kappa shape index (κ2) is 35.4. The van der Waals surface area contributed by atoms with Crippen LogP contribution in [0.1, 0.15) is 58.8 Å². The van der Waals surface area contributed by atoms with Crippen LogP contribution in [0, 0.1) is 35.5 Å². The molecule has 4 saturated carbocycles. The standard InChI is InChI=1S/2C18H15S.2C10H14F2O5S.CH4.B3.ClH.Na/c2*1-4-10-16(11-5-1)19(17-12-6-2-7-13-17)18-14-8-3-9-15-18;11-10(12,18(14,15)16)9(13)17-5-8-4-6-1-2-7(8)3-6;11-10(12,18-17-16-14)9(13)15-5-8-4-6-1-2-7(8)3-6;;1-3-2;;/h2*1-15H;6-8H,1-5H2,(H,14,15,16);6-8,14H,1-5H2;1H4;;1H;/q2*+1;;;;;;+1/p-2. The largest absolute Gasteiger partial charge is 1.00 e. The minimum Gasteiger partial charge on any atom is -1.00 e. The Labute approximate surface area is 509 Å². The Kier molecular flexibility index (Phi) is 31.3. The molecule has 80 heavy (non-hydrogen) atoms. The molecule has 0 saturated heterocycles. The van der Waals surface area contributed by atoms with Crippen molar-refractivity contribution in [3.8, 4) is 0 Å². The van der Waals surface area contributed by atoms with Crippen molar-refractivity contribution in [1.29, 1.82) is 0 Å². The van der Waals surface area contributed by atoms with Crippen LogP contribution in [0.3, 0.4) is 0 Å². The van der Waals surface area contributed by atoms with Gasteiger partial charge in [-0.25, -0.2) is 9.59 Å². The minimum atomic E-state index is -5.77. The number of carbonyl (C=O) groups excluding carboxylic acids is 2. The topological polar surface area (TPSA) is 148 Å². The zero-order valence-electron chi connectivity index (χ0n) is 43.2. The molecule has 6 unspecified atom stereocenters. The third-order valence-corrected chi connectivity index (χ3v) is 19.2. The van der Waals surface area contributed by atoms with Crippen LogP contribution in [0.4, 0.5) is 17.6 Å². The van der Waals surface area contributed by atoms with Gasteiger partial charge in [0.1, 0.15) is 12.0 Å². The molecule has 4 bridgehead atoms. The molecular weight excluding hydrogens is 1140 g/mol. The monoisotopic (exact) mass is 1200 g/mol. The number of halogens is 5. The fraction of sp³-hybridized carbons (Fsp3) is 0.333. The summed E-state index contributed by atoms with van der Waals surface area (Å²) >= 11 is -0.658. The van der Waals surface area contributed by atoms with E-state index in [0.717, 1.165) is 52.0 Å². The van der Waals surface area contributed by atoms with Gasteiger partial charge in [0.05, 0.1) is 35.0 Å². The summed E-state index contributed by atoms with van der Waals surface area (Å²) in [6.07, 6.45) is 8.31. The van der Waals surface area contributed by atoms with E-state index in [2.05, 4.69) is 216 Å². The molecule has 6 aromatic carbocycles. The van der Waals surface area contributed by atoms with Gasteiger partial charge in [0.2, 0.25) is 0 Å². The van der Waals surface area contributed by atoms with E-state index >= 15 is 0 Å². The normalized spacial score (nSPS) is 19.2. The summed E-state index contributed by atoms with van der Waals surface area (Å²) in [7, 11) is 4.21. The molecule has 0 spiro atoms. The maximum absolute atomic E-state index is 13.0. The molecule has 10 rings (SSSR count). The minimum absolute atomic E-state index is 0. The average molecular weight is 1200 g/mol.